The molecule has 0 saturated heterocycles. The van der Waals surface area contributed by atoms with Crippen LogP contribution in [-0.2, 0) is 4.79 Å². The minimum Gasteiger partial charge on any atom is -0.490 e. The molecule has 4 aromatic rings. The third kappa shape index (κ3) is 14.2. The Bertz CT molecular complexity index is 1930. The van der Waals surface area contributed by atoms with Crippen molar-refractivity contribution in [2.75, 3.05) is 19.8 Å². The second-order valence-electron chi connectivity index (χ2n) is 14.6. The third-order valence-electron chi connectivity index (χ3n) is 9.80. The van der Waals surface area contributed by atoms with Gasteiger partial charge < -0.3 is 28.4 Å². The van der Waals surface area contributed by atoms with E-state index in [0.29, 0.717) is 65.4 Å². The highest BCUT2D eigenvalue weighted by Crippen LogP contribution is 2.40. The lowest BCUT2D eigenvalue weighted by atomic mass is 10.1. The zero-order chi connectivity index (χ0) is 41.7. The van der Waals surface area contributed by atoms with Gasteiger partial charge in [0, 0.05) is 0 Å². The van der Waals surface area contributed by atoms with Gasteiger partial charge in [0.25, 0.3) is 0 Å². The number of rotatable bonds is 25. The van der Waals surface area contributed by atoms with Gasteiger partial charge in [-0.15, -0.1) is 0 Å². The number of benzene rings is 4. The number of unbranched alkanes of at least 4 members (excludes halogenated alkanes) is 9. The zero-order valence-electron chi connectivity index (χ0n) is 34.8. The monoisotopic (exact) mass is 802 g/mol. The molecule has 0 aromatic heterocycles. The van der Waals surface area contributed by atoms with Gasteiger partial charge in [-0.05, 0) is 91.1 Å². The van der Waals surface area contributed by atoms with E-state index in [1.54, 1.807) is 85.0 Å². The van der Waals surface area contributed by atoms with E-state index in [1.807, 2.05) is 24.3 Å². The van der Waals surface area contributed by atoms with Gasteiger partial charge in [0.05, 0.1) is 36.9 Å². The Morgan fingerprint density at radius 1 is 0.458 bits per heavy atom. The van der Waals surface area contributed by atoms with Gasteiger partial charge in [-0.3, -0.25) is 4.79 Å². The molecule has 9 nitrogen and oxygen atoms in total. The molecule has 4 aromatic carbocycles. The van der Waals surface area contributed by atoms with Crippen molar-refractivity contribution in [3.63, 3.8) is 0 Å². The first-order chi connectivity index (χ1) is 28.9. The fourth-order valence-corrected chi connectivity index (χ4v) is 6.37. The number of carbonyl (C=O) groups is 3. The van der Waals surface area contributed by atoms with E-state index < -0.39 is 17.9 Å². The summed E-state index contributed by atoms with van der Waals surface area (Å²) in [6.45, 7) is 8.10. The van der Waals surface area contributed by atoms with Crippen LogP contribution in [0.3, 0.4) is 0 Å². The van der Waals surface area contributed by atoms with Crippen LogP contribution in [0.4, 0.5) is 0 Å². The van der Waals surface area contributed by atoms with Gasteiger partial charge in [-0.1, -0.05) is 127 Å². The molecule has 59 heavy (non-hydrogen) atoms. The molecular weight excluding hydrogens is 745 g/mol. The molecule has 1 aliphatic rings. The van der Waals surface area contributed by atoms with Crippen LogP contribution in [0.25, 0.3) is 11.1 Å². The van der Waals surface area contributed by atoms with Crippen molar-refractivity contribution in [3.8, 4) is 45.6 Å². The Kier molecular flexibility index (Phi) is 18.1. The Balaban J connectivity index is 1.22. The number of hydrogen-bond acceptors (Lipinski definition) is 9. The summed E-state index contributed by atoms with van der Waals surface area (Å²) in [5, 5.41) is 0. The highest BCUT2D eigenvalue weighted by molar-refractivity contribution is 5.93. The number of allylic oxidation sites excluding steroid dienone is 2. The molecule has 0 saturated carbocycles. The van der Waals surface area contributed by atoms with E-state index in [2.05, 4.69) is 20.8 Å². The van der Waals surface area contributed by atoms with E-state index >= 15 is 0 Å². The van der Waals surface area contributed by atoms with Gasteiger partial charge in [-0.2, -0.15) is 0 Å². The van der Waals surface area contributed by atoms with Crippen molar-refractivity contribution >= 4 is 17.9 Å². The Morgan fingerprint density at radius 3 is 1.32 bits per heavy atom. The molecule has 0 atom stereocenters. The van der Waals surface area contributed by atoms with Gasteiger partial charge >= 0.3 is 17.9 Å². The second-order valence-corrected chi connectivity index (χ2v) is 14.6. The number of hydrogen-bond donors (Lipinski definition) is 0. The van der Waals surface area contributed by atoms with E-state index in [1.165, 1.54) is 0 Å². The Morgan fingerprint density at radius 2 is 0.864 bits per heavy atom. The first-order valence-electron chi connectivity index (χ1n) is 21.3. The predicted molar refractivity (Wildman–Crippen MR) is 231 cm³/mol. The van der Waals surface area contributed by atoms with Gasteiger partial charge in [-0.25, -0.2) is 9.59 Å². The standard InChI is InChI=1S/C50H58O9/c1-4-7-10-15-32-54-45-35-41(36-46(55-33-16-11-8-5-2)47(45)56-34-17-12-9-6-3)50(53)59-43-28-22-38(23-29-43)37-20-26-42(27-21-37)58-49(52)40-24-30-44(31-25-40)57-48(51)39-18-13-14-19-39/h13-14,18-31,35-36,39H,4-12,15-17,32-34H2,1-3H3. The average Bonchev–Trinajstić information content (AvgIpc) is 3.81. The van der Waals surface area contributed by atoms with Crippen LogP contribution in [0, 0.1) is 5.92 Å². The van der Waals surface area contributed by atoms with Gasteiger partial charge in [0.15, 0.2) is 11.5 Å². The van der Waals surface area contributed by atoms with Crippen molar-refractivity contribution < 1.29 is 42.8 Å². The summed E-state index contributed by atoms with van der Waals surface area (Å²) in [6, 6.07) is 24.0. The van der Waals surface area contributed by atoms with Crippen molar-refractivity contribution in [2.45, 2.75) is 97.8 Å². The third-order valence-corrected chi connectivity index (χ3v) is 9.80. The predicted octanol–water partition coefficient (Wildman–Crippen LogP) is 12.3. The quantitative estimate of drug-likeness (QED) is 0.0368. The molecule has 312 valence electrons. The van der Waals surface area contributed by atoms with Crippen molar-refractivity contribution in [1.29, 1.82) is 0 Å². The highest BCUT2D eigenvalue weighted by Gasteiger charge is 2.21. The van der Waals surface area contributed by atoms with Crippen molar-refractivity contribution in [3.05, 3.63) is 120 Å². The first kappa shape index (κ1) is 44.3. The fourth-order valence-electron chi connectivity index (χ4n) is 6.37. The lowest BCUT2D eigenvalue weighted by Crippen LogP contribution is -2.16. The first-order valence-corrected chi connectivity index (χ1v) is 21.3. The maximum Gasteiger partial charge on any atom is 0.343 e. The minimum atomic E-state index is -0.538. The summed E-state index contributed by atoms with van der Waals surface area (Å²) in [4.78, 5) is 38.7. The number of esters is 3. The van der Waals surface area contributed by atoms with Crippen molar-refractivity contribution in [2.24, 2.45) is 5.92 Å². The smallest absolute Gasteiger partial charge is 0.343 e. The van der Waals surface area contributed by atoms with Crippen LogP contribution in [0.2, 0.25) is 0 Å². The fraction of sp³-hybridized carbons (Fsp3) is 0.380. The number of carbonyl (C=O) groups excluding carboxylic acids is 3. The Labute approximate surface area is 349 Å². The molecule has 0 heterocycles. The van der Waals surface area contributed by atoms with Gasteiger partial charge in [0.1, 0.15) is 17.2 Å². The summed E-state index contributed by atoms with van der Waals surface area (Å²) in [5.41, 5.74) is 2.40. The lowest BCUT2D eigenvalue weighted by molar-refractivity contribution is -0.135. The average molecular weight is 803 g/mol. The molecule has 0 fully saturated rings. The molecule has 1 aliphatic carbocycles. The molecule has 0 amide bonds. The SMILES string of the molecule is CCCCCCOc1cc(C(=O)Oc2ccc(-c3ccc(OC(=O)c4ccc(OC(=O)C5C=CC=C5)cc4)cc3)cc2)cc(OCCCCCC)c1OCCCCCC. The topological polar surface area (TPSA) is 107 Å². The molecule has 0 unspecified atom stereocenters. The van der Waals surface area contributed by atoms with Crippen LogP contribution in [0.5, 0.6) is 34.5 Å². The van der Waals surface area contributed by atoms with Crippen LogP contribution in [0.1, 0.15) is 119 Å². The molecule has 5 rings (SSSR count). The van der Waals surface area contributed by atoms with Crippen molar-refractivity contribution in [1.82, 2.24) is 0 Å². The molecular formula is C50H58O9. The molecule has 0 radical (unpaired) electrons. The van der Waals surface area contributed by atoms with E-state index in [4.69, 9.17) is 28.4 Å². The summed E-state index contributed by atoms with van der Waals surface area (Å²) in [7, 11) is 0. The Hall–Kier alpha value is -5.83. The number of ether oxygens (including phenoxy) is 6. The van der Waals surface area contributed by atoms with Gasteiger partial charge in [0.2, 0.25) is 5.75 Å². The minimum absolute atomic E-state index is 0.318. The maximum absolute atomic E-state index is 13.6. The molecule has 0 aliphatic heterocycles. The summed E-state index contributed by atoms with van der Waals surface area (Å²) in [6.07, 6.45) is 19.9. The zero-order valence-corrected chi connectivity index (χ0v) is 34.8. The summed E-state index contributed by atoms with van der Waals surface area (Å²) >= 11 is 0. The molecule has 0 bridgehead atoms. The molecule has 9 heteroatoms. The highest BCUT2D eigenvalue weighted by atomic mass is 16.6. The van der Waals surface area contributed by atoms with Crippen LogP contribution in [0.15, 0.2) is 109 Å². The summed E-state index contributed by atoms with van der Waals surface area (Å²) in [5.74, 6) is 0.770. The van der Waals surface area contributed by atoms with E-state index in [-0.39, 0.29) is 5.97 Å². The molecule has 0 spiro atoms. The summed E-state index contributed by atoms with van der Waals surface area (Å²) < 4.78 is 35.7. The normalized spacial score (nSPS) is 12.0. The van der Waals surface area contributed by atoms with Crippen LogP contribution >= 0.6 is 0 Å². The lowest BCUT2D eigenvalue weighted by Gasteiger charge is -2.19. The maximum atomic E-state index is 13.6. The molecule has 0 N–H and O–H groups in total. The van der Waals surface area contributed by atoms with Crippen LogP contribution in [-0.4, -0.2) is 37.7 Å². The second kappa shape index (κ2) is 24.2. The van der Waals surface area contributed by atoms with E-state index in [0.717, 1.165) is 88.2 Å². The largest absolute Gasteiger partial charge is 0.490 e. The van der Waals surface area contributed by atoms with Crippen LogP contribution < -0.4 is 28.4 Å². The van der Waals surface area contributed by atoms with E-state index in [9.17, 15) is 14.4 Å².